The third kappa shape index (κ3) is 2.97. The lowest BCUT2D eigenvalue weighted by atomic mass is 9.83. The number of hydrogen-bond donors (Lipinski definition) is 1. The minimum Gasteiger partial charge on any atom is -0.446 e. The van der Waals surface area contributed by atoms with Gasteiger partial charge in [0.05, 0.1) is 0 Å². The molecule has 5 nitrogen and oxygen atoms in total. The zero-order valence-corrected chi connectivity index (χ0v) is 12.9. The van der Waals surface area contributed by atoms with Crippen LogP contribution in [0.25, 0.3) is 0 Å². The standard InChI is InChI=1S/C14H21NO4S/c1-14(2,3)11-6-8-15(9-7-11)20(17,18)13-5-4-12(10-16)19-13/h4-6,16H,7-10H2,1-3H3. The van der Waals surface area contributed by atoms with Crippen LogP contribution in [0, 0.1) is 5.41 Å². The predicted octanol–water partition coefficient (Wildman–Crippen LogP) is 2.14. The zero-order valence-electron chi connectivity index (χ0n) is 12.1. The summed E-state index contributed by atoms with van der Waals surface area (Å²) in [5.74, 6) is 0.256. The summed E-state index contributed by atoms with van der Waals surface area (Å²) in [7, 11) is -3.61. The first-order chi connectivity index (χ1) is 9.25. The van der Waals surface area contributed by atoms with Gasteiger partial charge < -0.3 is 9.52 Å². The van der Waals surface area contributed by atoms with Gasteiger partial charge in [0, 0.05) is 13.1 Å². The first-order valence-corrected chi connectivity index (χ1v) is 8.08. The smallest absolute Gasteiger partial charge is 0.276 e. The molecule has 1 aliphatic heterocycles. The third-order valence-corrected chi connectivity index (χ3v) is 5.26. The number of nitrogens with zero attached hydrogens (tertiary/aromatic N) is 1. The van der Waals surface area contributed by atoms with Gasteiger partial charge in [0.2, 0.25) is 5.09 Å². The lowest BCUT2D eigenvalue weighted by Gasteiger charge is -2.31. The fraction of sp³-hybridized carbons (Fsp3) is 0.571. The van der Waals surface area contributed by atoms with E-state index in [0.29, 0.717) is 13.1 Å². The molecule has 0 aromatic carbocycles. The number of aliphatic hydroxyl groups excluding tert-OH is 1. The summed E-state index contributed by atoms with van der Waals surface area (Å²) in [6.07, 6.45) is 2.72. The Labute approximate surface area is 119 Å². The summed E-state index contributed by atoms with van der Waals surface area (Å²) >= 11 is 0. The molecule has 0 fully saturated rings. The quantitative estimate of drug-likeness (QED) is 0.868. The second-order valence-electron chi connectivity index (χ2n) is 5.97. The Morgan fingerprint density at radius 2 is 2.05 bits per heavy atom. The lowest BCUT2D eigenvalue weighted by Crippen LogP contribution is -2.36. The first-order valence-electron chi connectivity index (χ1n) is 6.64. The van der Waals surface area contributed by atoms with Crippen LogP contribution in [0.1, 0.15) is 33.0 Å². The van der Waals surface area contributed by atoms with E-state index in [2.05, 4.69) is 20.8 Å². The van der Waals surface area contributed by atoms with Crippen molar-refractivity contribution < 1.29 is 17.9 Å². The van der Waals surface area contributed by atoms with Crippen LogP contribution >= 0.6 is 0 Å². The van der Waals surface area contributed by atoms with Crippen LogP contribution in [0.3, 0.4) is 0 Å². The van der Waals surface area contributed by atoms with E-state index in [0.717, 1.165) is 6.42 Å². The van der Waals surface area contributed by atoms with Gasteiger partial charge in [-0.3, -0.25) is 0 Å². The van der Waals surface area contributed by atoms with Crippen molar-refractivity contribution in [2.75, 3.05) is 13.1 Å². The highest BCUT2D eigenvalue weighted by Gasteiger charge is 2.31. The summed E-state index contributed by atoms with van der Waals surface area (Å²) in [5.41, 5.74) is 1.35. The van der Waals surface area contributed by atoms with Crippen LogP contribution < -0.4 is 0 Å². The summed E-state index contributed by atoms with van der Waals surface area (Å²) in [5, 5.41) is 8.84. The Hall–Kier alpha value is -1.11. The number of rotatable bonds is 3. The van der Waals surface area contributed by atoms with Gasteiger partial charge in [0.1, 0.15) is 12.4 Å². The molecular weight excluding hydrogens is 278 g/mol. The van der Waals surface area contributed by atoms with E-state index in [1.54, 1.807) is 0 Å². The molecule has 20 heavy (non-hydrogen) atoms. The van der Waals surface area contributed by atoms with E-state index in [9.17, 15) is 8.42 Å². The molecule has 1 aliphatic rings. The van der Waals surface area contributed by atoms with E-state index < -0.39 is 10.0 Å². The van der Waals surface area contributed by atoms with E-state index >= 15 is 0 Å². The number of hydrogen-bond acceptors (Lipinski definition) is 4. The molecule has 0 saturated heterocycles. The molecule has 6 heteroatoms. The largest absolute Gasteiger partial charge is 0.446 e. The van der Waals surface area contributed by atoms with Crippen LogP contribution in [0.5, 0.6) is 0 Å². The summed E-state index contributed by atoms with van der Waals surface area (Å²) in [4.78, 5) is 0. The van der Waals surface area contributed by atoms with Gasteiger partial charge >= 0.3 is 0 Å². The maximum absolute atomic E-state index is 12.4. The molecular formula is C14H21NO4S. The molecule has 2 heterocycles. The van der Waals surface area contributed by atoms with Crippen molar-refractivity contribution in [2.45, 2.75) is 38.9 Å². The van der Waals surface area contributed by atoms with Gasteiger partial charge in [-0.25, -0.2) is 8.42 Å². The average Bonchev–Trinajstić information content (AvgIpc) is 2.87. The highest BCUT2D eigenvalue weighted by molar-refractivity contribution is 7.89. The predicted molar refractivity (Wildman–Crippen MR) is 75.5 cm³/mol. The van der Waals surface area contributed by atoms with Gasteiger partial charge in [-0.2, -0.15) is 4.31 Å². The van der Waals surface area contributed by atoms with Crippen molar-refractivity contribution in [3.63, 3.8) is 0 Å². The van der Waals surface area contributed by atoms with Crippen molar-refractivity contribution in [3.05, 3.63) is 29.5 Å². The molecule has 0 radical (unpaired) electrons. The van der Waals surface area contributed by atoms with E-state index in [1.807, 2.05) is 6.08 Å². The topological polar surface area (TPSA) is 70.8 Å². The zero-order chi connectivity index (χ0) is 15.0. The van der Waals surface area contributed by atoms with E-state index in [1.165, 1.54) is 22.0 Å². The molecule has 0 spiro atoms. The SMILES string of the molecule is CC(C)(C)C1=CCN(S(=O)(=O)c2ccc(CO)o2)CC1. The van der Waals surface area contributed by atoms with Crippen LogP contribution in [-0.4, -0.2) is 30.9 Å². The van der Waals surface area contributed by atoms with Gasteiger partial charge in [0.15, 0.2) is 0 Å². The normalized spacial score (nSPS) is 18.1. The van der Waals surface area contributed by atoms with Crippen LogP contribution in [-0.2, 0) is 16.6 Å². The highest BCUT2D eigenvalue weighted by atomic mass is 32.2. The molecule has 1 N–H and O–H groups in total. The maximum atomic E-state index is 12.4. The number of aliphatic hydroxyl groups is 1. The summed E-state index contributed by atoms with van der Waals surface area (Å²) in [6.45, 7) is 6.91. The minimum atomic E-state index is -3.61. The molecule has 112 valence electrons. The minimum absolute atomic E-state index is 0.0740. The Balaban J connectivity index is 2.19. The number of furan rings is 1. The molecule has 0 aliphatic carbocycles. The maximum Gasteiger partial charge on any atom is 0.276 e. The van der Waals surface area contributed by atoms with Crippen LogP contribution in [0.15, 0.2) is 33.3 Å². The monoisotopic (exact) mass is 299 g/mol. The number of sulfonamides is 1. The fourth-order valence-corrected chi connectivity index (χ4v) is 3.57. The van der Waals surface area contributed by atoms with Crippen molar-refractivity contribution in [1.29, 1.82) is 0 Å². The van der Waals surface area contributed by atoms with Crippen molar-refractivity contribution in [2.24, 2.45) is 5.41 Å². The molecule has 0 bridgehead atoms. The van der Waals surface area contributed by atoms with E-state index in [-0.39, 0.29) is 22.9 Å². The lowest BCUT2D eigenvalue weighted by molar-refractivity contribution is 0.235. The Morgan fingerprint density at radius 3 is 2.50 bits per heavy atom. The Morgan fingerprint density at radius 1 is 1.35 bits per heavy atom. The molecule has 0 amide bonds. The summed E-state index contributed by atoms with van der Waals surface area (Å²) < 4.78 is 31.3. The van der Waals surface area contributed by atoms with Crippen molar-refractivity contribution in [1.82, 2.24) is 4.31 Å². The molecule has 0 atom stereocenters. The molecule has 0 saturated carbocycles. The Kier molecular flexibility index (Phi) is 4.09. The second kappa shape index (κ2) is 5.35. The first kappa shape index (κ1) is 15.3. The molecule has 0 unspecified atom stereocenters. The van der Waals surface area contributed by atoms with E-state index in [4.69, 9.17) is 9.52 Å². The summed E-state index contributed by atoms with van der Waals surface area (Å²) in [6, 6.07) is 2.87. The molecule has 2 rings (SSSR count). The van der Waals surface area contributed by atoms with Gasteiger partial charge in [-0.15, -0.1) is 0 Å². The van der Waals surface area contributed by atoms with Crippen molar-refractivity contribution >= 4 is 10.0 Å². The average molecular weight is 299 g/mol. The fourth-order valence-electron chi connectivity index (χ4n) is 2.26. The highest BCUT2D eigenvalue weighted by Crippen LogP contribution is 2.31. The molecule has 1 aromatic heterocycles. The van der Waals surface area contributed by atoms with Gasteiger partial charge in [-0.05, 0) is 24.0 Å². The van der Waals surface area contributed by atoms with Crippen LogP contribution in [0.2, 0.25) is 0 Å². The molecule has 1 aromatic rings. The van der Waals surface area contributed by atoms with Crippen molar-refractivity contribution in [3.8, 4) is 0 Å². The van der Waals surface area contributed by atoms with Crippen LogP contribution in [0.4, 0.5) is 0 Å². The van der Waals surface area contributed by atoms with Gasteiger partial charge in [0.25, 0.3) is 10.0 Å². The Bertz CT molecular complexity index is 607. The second-order valence-corrected chi connectivity index (χ2v) is 7.84. The third-order valence-electron chi connectivity index (χ3n) is 3.52. The van der Waals surface area contributed by atoms with Gasteiger partial charge in [-0.1, -0.05) is 32.4 Å².